The number of fused-ring (bicyclic) bond motifs is 1. The number of H-pyrrole nitrogens is 1. The van der Waals surface area contributed by atoms with E-state index in [0.717, 1.165) is 41.9 Å². The lowest BCUT2D eigenvalue weighted by Crippen LogP contribution is -2.62. The van der Waals surface area contributed by atoms with Gasteiger partial charge in [-0.3, -0.25) is 10.00 Å². The fourth-order valence-corrected chi connectivity index (χ4v) is 3.85. The van der Waals surface area contributed by atoms with Gasteiger partial charge < -0.3 is 4.74 Å². The van der Waals surface area contributed by atoms with E-state index in [1.807, 2.05) is 6.07 Å². The Kier molecular flexibility index (Phi) is 3.33. The van der Waals surface area contributed by atoms with E-state index in [9.17, 15) is 5.26 Å². The van der Waals surface area contributed by atoms with E-state index in [2.05, 4.69) is 27.2 Å². The van der Waals surface area contributed by atoms with Crippen LogP contribution in [0.2, 0.25) is 5.02 Å². The molecular weight excluding hydrogens is 300 g/mol. The molecule has 4 rings (SSSR count). The molecule has 1 aromatic heterocycles. The van der Waals surface area contributed by atoms with E-state index in [0.29, 0.717) is 19.1 Å². The molecule has 0 aliphatic carbocycles. The summed E-state index contributed by atoms with van der Waals surface area (Å²) in [7, 11) is 0. The quantitative estimate of drug-likeness (QED) is 0.925. The molecule has 5 nitrogen and oxygen atoms in total. The number of likely N-dealkylation sites (tertiary alicyclic amines) is 1. The highest BCUT2D eigenvalue weighted by atomic mass is 35.5. The second kappa shape index (κ2) is 5.24. The Morgan fingerprint density at radius 3 is 2.77 bits per heavy atom. The fraction of sp³-hybridized carbons (Fsp3) is 0.500. The summed E-state index contributed by atoms with van der Waals surface area (Å²) in [6, 6.07) is 6.54. The van der Waals surface area contributed by atoms with Crippen molar-refractivity contribution in [3.63, 3.8) is 0 Å². The first-order valence-electron chi connectivity index (χ1n) is 7.58. The maximum absolute atomic E-state index is 9.41. The molecule has 0 bridgehead atoms. The summed E-state index contributed by atoms with van der Waals surface area (Å²) in [6.07, 6.45) is 3.83. The van der Waals surface area contributed by atoms with Crippen LogP contribution in [-0.4, -0.2) is 46.9 Å². The monoisotopic (exact) mass is 316 g/mol. The summed E-state index contributed by atoms with van der Waals surface area (Å²) in [5.74, 6) is 0.438. The Morgan fingerprint density at radius 1 is 1.36 bits per heavy atom. The highest BCUT2D eigenvalue weighted by Gasteiger charge is 2.45. The summed E-state index contributed by atoms with van der Waals surface area (Å²) in [6.45, 7) is 2.90. The predicted molar refractivity (Wildman–Crippen MR) is 83.8 cm³/mol. The van der Waals surface area contributed by atoms with Crippen LogP contribution in [0.25, 0.3) is 10.9 Å². The summed E-state index contributed by atoms with van der Waals surface area (Å²) >= 11 is 6.46. The molecule has 2 aliphatic heterocycles. The third kappa shape index (κ3) is 2.11. The van der Waals surface area contributed by atoms with Crippen molar-refractivity contribution in [2.45, 2.75) is 24.3 Å². The molecule has 2 fully saturated rings. The van der Waals surface area contributed by atoms with Crippen LogP contribution < -0.4 is 0 Å². The number of hydrogen-bond donors (Lipinski definition) is 1. The molecule has 0 spiro atoms. The molecule has 1 N–H and O–H groups in total. The molecule has 3 heterocycles. The Morgan fingerprint density at radius 2 is 2.14 bits per heavy atom. The van der Waals surface area contributed by atoms with Crippen LogP contribution >= 0.6 is 11.6 Å². The first kappa shape index (κ1) is 14.0. The van der Waals surface area contributed by atoms with Gasteiger partial charge >= 0.3 is 0 Å². The standard InChI is InChI=1S/C16H17ClN4O/c17-14-5-12-7-19-20-15(12)6-13(14)11-1-3-21(4-2-11)16(8-18)9-22-10-16/h5-7,11H,1-4,9-10H2,(H,19,20). The van der Waals surface area contributed by atoms with E-state index >= 15 is 0 Å². The van der Waals surface area contributed by atoms with Crippen LogP contribution in [0.3, 0.4) is 0 Å². The normalized spacial score (nSPS) is 22.4. The van der Waals surface area contributed by atoms with Crippen LogP contribution in [0.5, 0.6) is 0 Å². The average Bonchev–Trinajstić information content (AvgIpc) is 2.94. The molecule has 1 aromatic carbocycles. The number of halogens is 1. The lowest BCUT2D eigenvalue weighted by molar-refractivity contribution is -0.114. The first-order chi connectivity index (χ1) is 10.7. The van der Waals surface area contributed by atoms with Gasteiger partial charge in [0.2, 0.25) is 0 Å². The predicted octanol–water partition coefficient (Wildman–Crippen LogP) is 2.69. The molecule has 22 heavy (non-hydrogen) atoms. The molecule has 0 atom stereocenters. The molecular formula is C16H17ClN4O. The first-order valence-corrected chi connectivity index (χ1v) is 7.96. The van der Waals surface area contributed by atoms with Crippen LogP contribution in [0.15, 0.2) is 18.3 Å². The van der Waals surface area contributed by atoms with Crippen molar-refractivity contribution in [1.82, 2.24) is 15.1 Å². The Labute approximate surface area is 133 Å². The molecule has 2 aromatic rings. The van der Waals surface area contributed by atoms with E-state index in [1.165, 1.54) is 5.56 Å². The second-order valence-electron chi connectivity index (χ2n) is 6.23. The van der Waals surface area contributed by atoms with Crippen molar-refractivity contribution in [2.24, 2.45) is 0 Å². The van der Waals surface area contributed by atoms with Crippen molar-refractivity contribution in [1.29, 1.82) is 5.26 Å². The van der Waals surface area contributed by atoms with Crippen molar-refractivity contribution in [2.75, 3.05) is 26.3 Å². The van der Waals surface area contributed by atoms with Crippen LogP contribution in [0.4, 0.5) is 0 Å². The second-order valence-corrected chi connectivity index (χ2v) is 6.64. The number of benzene rings is 1. The Hall–Kier alpha value is -1.61. The van der Waals surface area contributed by atoms with E-state index in [4.69, 9.17) is 16.3 Å². The lowest BCUT2D eigenvalue weighted by atomic mass is 9.85. The summed E-state index contributed by atoms with van der Waals surface area (Å²) in [5, 5.41) is 18.3. The van der Waals surface area contributed by atoms with Gasteiger partial charge in [-0.05, 0) is 36.5 Å². The number of nitrogens with zero attached hydrogens (tertiary/aromatic N) is 3. The fourth-order valence-electron chi connectivity index (χ4n) is 3.53. The minimum Gasteiger partial charge on any atom is -0.375 e. The topological polar surface area (TPSA) is 64.9 Å². The van der Waals surface area contributed by atoms with Gasteiger partial charge in [0.1, 0.15) is 0 Å². The zero-order chi connectivity index (χ0) is 15.2. The molecule has 0 saturated carbocycles. The summed E-state index contributed by atoms with van der Waals surface area (Å²) < 4.78 is 5.26. The summed E-state index contributed by atoms with van der Waals surface area (Å²) in [4.78, 5) is 2.27. The molecule has 114 valence electrons. The highest BCUT2D eigenvalue weighted by molar-refractivity contribution is 6.32. The summed E-state index contributed by atoms with van der Waals surface area (Å²) in [5.41, 5.74) is 1.83. The minimum absolute atomic E-state index is 0.387. The van der Waals surface area contributed by atoms with Gasteiger partial charge in [0, 0.05) is 23.5 Å². The van der Waals surface area contributed by atoms with Gasteiger partial charge in [-0.1, -0.05) is 11.6 Å². The number of aromatic nitrogens is 2. The van der Waals surface area contributed by atoms with E-state index in [-0.39, 0.29) is 5.54 Å². The number of nitriles is 1. The van der Waals surface area contributed by atoms with E-state index < -0.39 is 0 Å². The van der Waals surface area contributed by atoms with Gasteiger partial charge in [-0.25, -0.2) is 0 Å². The SMILES string of the molecule is N#CC1(N2CCC(c3cc4[nH]ncc4cc3Cl)CC2)COC1. The van der Waals surface area contributed by atoms with Gasteiger partial charge in [-0.2, -0.15) is 10.4 Å². The zero-order valence-corrected chi connectivity index (χ0v) is 12.9. The highest BCUT2D eigenvalue weighted by Crippen LogP contribution is 2.37. The Bertz CT molecular complexity index is 738. The number of rotatable bonds is 2. The largest absolute Gasteiger partial charge is 0.375 e. The maximum Gasteiger partial charge on any atom is 0.156 e. The number of ether oxygens (including phenoxy) is 1. The van der Waals surface area contributed by atoms with Crippen molar-refractivity contribution in [3.05, 3.63) is 28.9 Å². The smallest absolute Gasteiger partial charge is 0.156 e. The van der Waals surface area contributed by atoms with Gasteiger partial charge in [-0.15, -0.1) is 0 Å². The van der Waals surface area contributed by atoms with Gasteiger partial charge in [0.05, 0.1) is 31.0 Å². The average molecular weight is 317 g/mol. The molecule has 0 unspecified atom stereocenters. The third-order valence-corrected chi connectivity index (χ3v) is 5.31. The van der Waals surface area contributed by atoms with Crippen molar-refractivity contribution < 1.29 is 4.74 Å². The van der Waals surface area contributed by atoms with Crippen LogP contribution in [-0.2, 0) is 4.74 Å². The lowest BCUT2D eigenvalue weighted by Gasteiger charge is -2.47. The van der Waals surface area contributed by atoms with Gasteiger partial charge in [0.25, 0.3) is 0 Å². The number of hydrogen-bond acceptors (Lipinski definition) is 4. The van der Waals surface area contributed by atoms with Crippen LogP contribution in [0, 0.1) is 11.3 Å². The third-order valence-electron chi connectivity index (χ3n) is 4.99. The Balaban J connectivity index is 1.53. The molecule has 0 amide bonds. The van der Waals surface area contributed by atoms with Crippen molar-refractivity contribution >= 4 is 22.5 Å². The zero-order valence-electron chi connectivity index (χ0n) is 12.2. The number of aromatic amines is 1. The van der Waals surface area contributed by atoms with E-state index in [1.54, 1.807) is 6.20 Å². The van der Waals surface area contributed by atoms with Gasteiger partial charge in [0.15, 0.2) is 5.54 Å². The van der Waals surface area contributed by atoms with Crippen LogP contribution in [0.1, 0.15) is 24.3 Å². The molecule has 2 saturated heterocycles. The maximum atomic E-state index is 9.41. The molecule has 0 radical (unpaired) electrons. The number of nitrogens with one attached hydrogen (secondary N) is 1. The van der Waals surface area contributed by atoms with Crippen molar-refractivity contribution in [3.8, 4) is 6.07 Å². The molecule has 2 aliphatic rings. The number of piperidine rings is 1. The molecule has 6 heteroatoms. The minimum atomic E-state index is -0.387.